The number of carbonyl (C=O) groups is 1. The van der Waals surface area contributed by atoms with Crippen molar-refractivity contribution in [3.8, 4) is 0 Å². The van der Waals surface area contributed by atoms with Gasteiger partial charge in [0.2, 0.25) is 5.91 Å². The Labute approximate surface area is 92.8 Å². The molecule has 0 aromatic rings. The van der Waals surface area contributed by atoms with Crippen molar-refractivity contribution in [2.75, 3.05) is 0 Å². The zero-order chi connectivity index (χ0) is 11.4. The van der Waals surface area contributed by atoms with Gasteiger partial charge in [-0.25, -0.2) is 0 Å². The summed E-state index contributed by atoms with van der Waals surface area (Å²) in [6.07, 6.45) is 5.03. The Balaban J connectivity index is 2.52. The van der Waals surface area contributed by atoms with Gasteiger partial charge < -0.3 is 11.1 Å². The Morgan fingerprint density at radius 3 is 2.40 bits per heavy atom. The van der Waals surface area contributed by atoms with Gasteiger partial charge >= 0.3 is 0 Å². The third kappa shape index (κ3) is 3.49. The van der Waals surface area contributed by atoms with E-state index in [1.807, 2.05) is 13.8 Å². The van der Waals surface area contributed by atoms with Gasteiger partial charge in [-0.2, -0.15) is 0 Å². The van der Waals surface area contributed by atoms with E-state index in [4.69, 9.17) is 5.73 Å². The molecule has 3 nitrogen and oxygen atoms in total. The summed E-state index contributed by atoms with van der Waals surface area (Å²) in [7, 11) is 0. The first-order chi connectivity index (χ1) is 7.02. The van der Waals surface area contributed by atoms with Crippen LogP contribution in [0.4, 0.5) is 0 Å². The number of hydrogen-bond donors (Lipinski definition) is 2. The van der Waals surface area contributed by atoms with E-state index in [2.05, 4.69) is 12.2 Å². The second kappa shape index (κ2) is 5.50. The summed E-state index contributed by atoms with van der Waals surface area (Å²) in [4.78, 5) is 11.3. The van der Waals surface area contributed by atoms with Crippen LogP contribution in [-0.4, -0.2) is 18.0 Å². The maximum absolute atomic E-state index is 11.3. The minimum Gasteiger partial charge on any atom is -0.368 e. The van der Waals surface area contributed by atoms with Crippen LogP contribution >= 0.6 is 0 Å². The molecular formula is C12H24N2O. The molecule has 0 aliphatic heterocycles. The molecule has 1 aliphatic rings. The number of carbonyl (C=O) groups excluding carboxylic acids is 1. The molecule has 3 N–H and O–H groups in total. The highest BCUT2D eigenvalue weighted by molar-refractivity contribution is 5.80. The van der Waals surface area contributed by atoms with Gasteiger partial charge in [0.1, 0.15) is 0 Å². The molecule has 1 aliphatic carbocycles. The maximum Gasteiger partial charge on any atom is 0.234 e. The van der Waals surface area contributed by atoms with Crippen molar-refractivity contribution in [1.29, 1.82) is 0 Å². The van der Waals surface area contributed by atoms with E-state index in [9.17, 15) is 4.79 Å². The predicted molar refractivity (Wildman–Crippen MR) is 62.4 cm³/mol. The fourth-order valence-electron chi connectivity index (χ4n) is 2.40. The first-order valence-corrected chi connectivity index (χ1v) is 6.07. The molecule has 0 aromatic carbocycles. The second-order valence-electron chi connectivity index (χ2n) is 5.16. The van der Waals surface area contributed by atoms with Gasteiger partial charge in [-0.3, -0.25) is 4.79 Å². The van der Waals surface area contributed by atoms with Gasteiger partial charge in [0, 0.05) is 6.04 Å². The van der Waals surface area contributed by atoms with Crippen molar-refractivity contribution in [2.24, 2.45) is 17.6 Å². The molecule has 1 rings (SSSR count). The molecule has 3 unspecified atom stereocenters. The third-order valence-electron chi connectivity index (χ3n) is 3.48. The molecule has 15 heavy (non-hydrogen) atoms. The average molecular weight is 212 g/mol. The molecule has 0 spiro atoms. The van der Waals surface area contributed by atoms with E-state index in [-0.39, 0.29) is 17.9 Å². The molecule has 1 saturated carbocycles. The van der Waals surface area contributed by atoms with Crippen molar-refractivity contribution >= 4 is 5.91 Å². The number of amides is 1. The van der Waals surface area contributed by atoms with Crippen LogP contribution in [-0.2, 0) is 4.79 Å². The van der Waals surface area contributed by atoms with Gasteiger partial charge in [0.05, 0.1) is 6.04 Å². The van der Waals surface area contributed by atoms with Crippen LogP contribution in [0.3, 0.4) is 0 Å². The highest BCUT2D eigenvalue weighted by Crippen LogP contribution is 2.24. The minimum absolute atomic E-state index is 0.171. The van der Waals surface area contributed by atoms with Crippen LogP contribution in [0.1, 0.15) is 46.5 Å². The van der Waals surface area contributed by atoms with Crippen molar-refractivity contribution < 1.29 is 4.79 Å². The van der Waals surface area contributed by atoms with Crippen molar-refractivity contribution in [3.05, 3.63) is 0 Å². The van der Waals surface area contributed by atoms with E-state index in [1.54, 1.807) is 0 Å². The summed E-state index contributed by atoms with van der Waals surface area (Å²) in [5, 5.41) is 3.43. The van der Waals surface area contributed by atoms with Gasteiger partial charge in [0.25, 0.3) is 0 Å². The summed E-state index contributed by atoms with van der Waals surface area (Å²) in [6, 6.07) is 0.300. The first kappa shape index (κ1) is 12.5. The smallest absolute Gasteiger partial charge is 0.234 e. The third-order valence-corrected chi connectivity index (χ3v) is 3.48. The minimum atomic E-state index is -0.220. The number of rotatable bonds is 4. The van der Waals surface area contributed by atoms with Crippen LogP contribution in [0.25, 0.3) is 0 Å². The zero-order valence-electron chi connectivity index (χ0n) is 10.1. The maximum atomic E-state index is 11.3. The Bertz CT molecular complexity index is 216. The number of primary amides is 1. The molecule has 0 heterocycles. The molecule has 0 bridgehead atoms. The Morgan fingerprint density at radius 1 is 1.33 bits per heavy atom. The van der Waals surface area contributed by atoms with Crippen LogP contribution in [0, 0.1) is 11.8 Å². The van der Waals surface area contributed by atoms with Crippen LogP contribution in [0.2, 0.25) is 0 Å². The van der Waals surface area contributed by atoms with E-state index in [0.29, 0.717) is 12.0 Å². The Kier molecular flexibility index (Phi) is 4.58. The summed E-state index contributed by atoms with van der Waals surface area (Å²) >= 11 is 0. The van der Waals surface area contributed by atoms with Crippen molar-refractivity contribution in [2.45, 2.75) is 58.5 Å². The highest BCUT2D eigenvalue weighted by Gasteiger charge is 2.27. The predicted octanol–water partition coefficient (Wildman–Crippen LogP) is 1.66. The monoisotopic (exact) mass is 212 g/mol. The lowest BCUT2D eigenvalue weighted by atomic mass is 9.85. The summed E-state index contributed by atoms with van der Waals surface area (Å²) in [6.45, 7) is 6.33. The second-order valence-corrected chi connectivity index (χ2v) is 5.16. The molecule has 88 valence electrons. The van der Waals surface area contributed by atoms with Gasteiger partial charge in [-0.05, 0) is 24.7 Å². The number of nitrogens with two attached hydrogens (primary N) is 1. The van der Waals surface area contributed by atoms with E-state index in [1.165, 1.54) is 25.7 Å². The van der Waals surface area contributed by atoms with Gasteiger partial charge in [0.15, 0.2) is 0 Å². The number of nitrogens with one attached hydrogen (secondary N) is 1. The standard InChI is InChI=1S/C12H24N2O/c1-8(2)11(12(13)15)14-10-7-5-4-6-9(10)3/h8-11,14H,4-7H2,1-3H3,(H2,13,15). The quantitative estimate of drug-likeness (QED) is 0.744. The van der Waals surface area contributed by atoms with E-state index < -0.39 is 0 Å². The topological polar surface area (TPSA) is 55.1 Å². The van der Waals surface area contributed by atoms with Crippen LogP contribution < -0.4 is 11.1 Å². The van der Waals surface area contributed by atoms with Crippen LogP contribution in [0.15, 0.2) is 0 Å². The molecule has 3 atom stereocenters. The molecule has 0 radical (unpaired) electrons. The summed E-state index contributed by atoms with van der Waals surface area (Å²) in [5.74, 6) is 0.721. The molecular weight excluding hydrogens is 188 g/mol. The number of hydrogen-bond acceptors (Lipinski definition) is 2. The van der Waals surface area contributed by atoms with Gasteiger partial charge in [-0.15, -0.1) is 0 Å². The summed E-state index contributed by atoms with van der Waals surface area (Å²) < 4.78 is 0. The first-order valence-electron chi connectivity index (χ1n) is 6.07. The lowest BCUT2D eigenvalue weighted by Crippen LogP contribution is -2.52. The van der Waals surface area contributed by atoms with Crippen molar-refractivity contribution in [1.82, 2.24) is 5.32 Å². The normalized spacial score (nSPS) is 29.1. The van der Waals surface area contributed by atoms with Gasteiger partial charge in [-0.1, -0.05) is 33.6 Å². The molecule has 1 fully saturated rings. The zero-order valence-corrected chi connectivity index (χ0v) is 10.1. The lowest BCUT2D eigenvalue weighted by molar-refractivity contribution is -0.121. The summed E-state index contributed by atoms with van der Waals surface area (Å²) in [5.41, 5.74) is 5.40. The fraction of sp³-hybridized carbons (Fsp3) is 0.917. The molecule has 1 amide bonds. The largest absolute Gasteiger partial charge is 0.368 e. The Morgan fingerprint density at radius 2 is 1.93 bits per heavy atom. The lowest BCUT2D eigenvalue weighted by Gasteiger charge is -2.33. The fourth-order valence-corrected chi connectivity index (χ4v) is 2.40. The molecule has 0 saturated heterocycles. The molecule has 3 heteroatoms. The van der Waals surface area contributed by atoms with Crippen molar-refractivity contribution in [3.63, 3.8) is 0 Å². The van der Waals surface area contributed by atoms with Crippen LogP contribution in [0.5, 0.6) is 0 Å². The van der Waals surface area contributed by atoms with E-state index in [0.717, 1.165) is 0 Å². The average Bonchev–Trinajstić information content (AvgIpc) is 2.15. The Hall–Kier alpha value is -0.570. The SMILES string of the molecule is CC(C)C(NC1CCCCC1C)C(N)=O. The molecule has 0 aromatic heterocycles. The van der Waals surface area contributed by atoms with E-state index >= 15 is 0 Å². The highest BCUT2D eigenvalue weighted by atomic mass is 16.1.